The predicted octanol–water partition coefficient (Wildman–Crippen LogP) is 5.92. The quantitative estimate of drug-likeness (QED) is 0.514. The maximum absolute atomic E-state index is 13.0. The molecule has 0 aliphatic rings. The van der Waals surface area contributed by atoms with E-state index in [-0.39, 0.29) is 17.0 Å². The fraction of sp³-hybridized carbons (Fsp3) is 0.350. The van der Waals surface area contributed by atoms with E-state index in [4.69, 9.17) is 11.6 Å². The van der Waals surface area contributed by atoms with Crippen LogP contribution in [0.3, 0.4) is 0 Å². The number of alkyl halides is 3. The molecule has 2 rings (SSSR count). The Hall–Kier alpha value is -1.91. The van der Waals surface area contributed by atoms with Gasteiger partial charge in [0.25, 0.3) is 15.7 Å². The average molecular weight is 496 g/mol. The van der Waals surface area contributed by atoms with Gasteiger partial charge in [-0.25, -0.2) is 8.42 Å². The van der Waals surface area contributed by atoms with E-state index in [1.54, 1.807) is 13.0 Å². The Morgan fingerprint density at radius 3 is 2.19 bits per heavy atom. The van der Waals surface area contributed by atoms with Crippen molar-refractivity contribution in [2.45, 2.75) is 48.4 Å². The summed E-state index contributed by atoms with van der Waals surface area (Å²) < 4.78 is 61.3. The Morgan fingerprint density at radius 2 is 1.74 bits per heavy atom. The Bertz CT molecular complexity index is 1140. The zero-order valence-corrected chi connectivity index (χ0v) is 19.7. The maximum Gasteiger partial charge on any atom is 0.501 e. The van der Waals surface area contributed by atoms with Crippen LogP contribution in [0.5, 0.6) is 5.75 Å². The molecule has 2 aromatic rings. The van der Waals surface area contributed by atoms with Crippen LogP contribution in [0.25, 0.3) is 0 Å². The summed E-state index contributed by atoms with van der Waals surface area (Å²) in [6.45, 7) is 7.28. The van der Waals surface area contributed by atoms with E-state index in [1.165, 1.54) is 11.8 Å². The lowest BCUT2D eigenvalue weighted by Gasteiger charge is -2.24. The minimum Gasteiger partial charge on any atom is -0.507 e. The molecule has 0 saturated heterocycles. The standard InChI is InChI=1S/C20H21ClF3NO4S2/c1-10-15(30-5)9-12(19(2,3)4)17(26)16(10)18(27)25-14-7-6-11(8-13(14)21)31(28,29)20(22,23)24/h6-9,26H,1-5H3,(H,25,27). The van der Waals surface area contributed by atoms with Gasteiger partial charge in [-0.3, -0.25) is 4.79 Å². The molecule has 0 aliphatic heterocycles. The fourth-order valence-electron chi connectivity index (χ4n) is 2.89. The third-order valence-corrected chi connectivity index (χ3v) is 7.23. The van der Waals surface area contributed by atoms with Crippen LogP contribution in [0, 0.1) is 6.92 Å². The number of benzene rings is 2. The van der Waals surface area contributed by atoms with Gasteiger partial charge in [0.1, 0.15) is 5.75 Å². The molecule has 0 aliphatic carbocycles. The first-order valence-corrected chi connectivity index (χ1v) is 11.9. The Morgan fingerprint density at radius 1 is 1.16 bits per heavy atom. The topological polar surface area (TPSA) is 83.5 Å². The lowest BCUT2D eigenvalue weighted by Crippen LogP contribution is -2.23. The molecule has 5 nitrogen and oxygen atoms in total. The molecular weight excluding hydrogens is 475 g/mol. The van der Waals surface area contributed by atoms with Gasteiger partial charge >= 0.3 is 5.51 Å². The number of anilines is 1. The van der Waals surface area contributed by atoms with E-state index in [9.17, 15) is 31.5 Å². The summed E-state index contributed by atoms with van der Waals surface area (Å²) in [4.78, 5) is 12.7. The zero-order valence-electron chi connectivity index (χ0n) is 17.3. The summed E-state index contributed by atoms with van der Waals surface area (Å²) in [5, 5.41) is 12.8. The number of rotatable bonds is 4. The lowest BCUT2D eigenvalue weighted by atomic mass is 9.84. The van der Waals surface area contributed by atoms with Gasteiger partial charge < -0.3 is 10.4 Å². The molecule has 11 heteroatoms. The number of hydrogen-bond acceptors (Lipinski definition) is 5. The van der Waals surface area contributed by atoms with Gasteiger partial charge in [0, 0.05) is 10.5 Å². The van der Waals surface area contributed by atoms with Gasteiger partial charge in [0.05, 0.1) is 21.2 Å². The fourth-order valence-corrected chi connectivity index (χ4v) is 4.61. The van der Waals surface area contributed by atoms with Crippen LogP contribution in [-0.4, -0.2) is 31.2 Å². The molecule has 0 spiro atoms. The summed E-state index contributed by atoms with van der Waals surface area (Å²) in [5.74, 6) is -0.947. The van der Waals surface area contributed by atoms with Crippen molar-refractivity contribution in [3.05, 3.63) is 46.0 Å². The minimum absolute atomic E-state index is 0.000156. The number of phenolic OH excluding ortho intramolecular Hbond substituents is 1. The molecule has 0 atom stereocenters. The maximum atomic E-state index is 13.0. The second kappa shape index (κ2) is 8.55. The smallest absolute Gasteiger partial charge is 0.501 e. The molecule has 31 heavy (non-hydrogen) atoms. The van der Waals surface area contributed by atoms with Crippen molar-refractivity contribution in [2.24, 2.45) is 0 Å². The molecule has 1 amide bonds. The number of phenols is 1. The van der Waals surface area contributed by atoms with Crippen LogP contribution in [0.4, 0.5) is 18.9 Å². The largest absolute Gasteiger partial charge is 0.507 e. The molecule has 2 aromatic carbocycles. The summed E-state index contributed by atoms with van der Waals surface area (Å²) >= 11 is 7.34. The lowest BCUT2D eigenvalue weighted by molar-refractivity contribution is -0.0436. The van der Waals surface area contributed by atoms with Gasteiger partial charge in [-0.15, -0.1) is 11.8 Å². The third kappa shape index (κ3) is 4.96. The first-order valence-electron chi connectivity index (χ1n) is 8.85. The van der Waals surface area contributed by atoms with Crippen LogP contribution in [0.1, 0.15) is 42.3 Å². The zero-order chi connectivity index (χ0) is 23.9. The van der Waals surface area contributed by atoms with E-state index in [0.29, 0.717) is 23.3 Å². The van der Waals surface area contributed by atoms with Crippen LogP contribution in [0.2, 0.25) is 5.02 Å². The highest BCUT2D eigenvalue weighted by Gasteiger charge is 2.47. The number of sulfone groups is 1. The van der Waals surface area contributed by atoms with Crippen molar-refractivity contribution < 1.29 is 31.5 Å². The molecule has 0 unspecified atom stereocenters. The SMILES string of the molecule is CSc1cc(C(C)(C)C)c(O)c(C(=O)Nc2ccc(S(=O)(=O)C(F)(F)F)cc2Cl)c1C. The molecular formula is C20H21ClF3NO4S2. The first-order chi connectivity index (χ1) is 14.0. The van der Waals surface area contributed by atoms with Crippen molar-refractivity contribution >= 4 is 44.8 Å². The van der Waals surface area contributed by atoms with Gasteiger partial charge in [-0.05, 0) is 48.4 Å². The van der Waals surface area contributed by atoms with Crippen molar-refractivity contribution in [3.8, 4) is 5.75 Å². The second-order valence-corrected chi connectivity index (χ2v) is 11.0. The molecule has 2 N–H and O–H groups in total. The Labute approximate surface area is 187 Å². The highest BCUT2D eigenvalue weighted by molar-refractivity contribution is 7.98. The molecule has 170 valence electrons. The number of thioether (sulfide) groups is 1. The number of nitrogens with one attached hydrogen (secondary N) is 1. The summed E-state index contributed by atoms with van der Waals surface area (Å²) in [5.41, 5.74) is -4.99. The minimum atomic E-state index is -5.58. The monoisotopic (exact) mass is 495 g/mol. The number of carbonyl (C=O) groups excluding carboxylic acids is 1. The van der Waals surface area contributed by atoms with E-state index in [0.717, 1.165) is 11.0 Å². The highest BCUT2D eigenvalue weighted by atomic mass is 35.5. The van der Waals surface area contributed by atoms with E-state index in [2.05, 4.69) is 5.32 Å². The average Bonchev–Trinajstić information content (AvgIpc) is 2.61. The number of amides is 1. The summed E-state index contributed by atoms with van der Waals surface area (Å²) in [6.07, 6.45) is 1.82. The molecule has 0 aromatic heterocycles. The highest BCUT2D eigenvalue weighted by Crippen LogP contribution is 2.40. The van der Waals surface area contributed by atoms with Crippen LogP contribution in [-0.2, 0) is 15.3 Å². The van der Waals surface area contributed by atoms with Crippen molar-refractivity contribution in [3.63, 3.8) is 0 Å². The van der Waals surface area contributed by atoms with Crippen LogP contribution in [0.15, 0.2) is 34.1 Å². The van der Waals surface area contributed by atoms with Crippen molar-refractivity contribution in [1.82, 2.24) is 0 Å². The van der Waals surface area contributed by atoms with E-state index in [1.807, 2.05) is 27.0 Å². The van der Waals surface area contributed by atoms with Crippen molar-refractivity contribution in [2.75, 3.05) is 11.6 Å². The summed E-state index contributed by atoms with van der Waals surface area (Å²) in [6, 6.07) is 4.09. The van der Waals surface area contributed by atoms with Gasteiger partial charge in [-0.2, -0.15) is 13.2 Å². The third-order valence-electron chi connectivity index (χ3n) is 4.57. The molecule has 0 radical (unpaired) electrons. The Balaban J connectivity index is 2.52. The number of halogens is 4. The summed E-state index contributed by atoms with van der Waals surface area (Å²) in [7, 11) is -5.58. The van der Waals surface area contributed by atoms with Gasteiger partial charge in [-0.1, -0.05) is 32.4 Å². The second-order valence-electron chi connectivity index (χ2n) is 7.77. The van der Waals surface area contributed by atoms with Crippen molar-refractivity contribution in [1.29, 1.82) is 0 Å². The predicted molar refractivity (Wildman–Crippen MR) is 116 cm³/mol. The Kier molecular flexibility index (Phi) is 7.00. The molecule has 0 fully saturated rings. The molecule has 0 bridgehead atoms. The van der Waals surface area contributed by atoms with Gasteiger partial charge in [0.15, 0.2) is 0 Å². The number of carbonyl (C=O) groups is 1. The van der Waals surface area contributed by atoms with E-state index < -0.39 is 36.6 Å². The number of aromatic hydroxyl groups is 1. The first kappa shape index (κ1) is 25.4. The van der Waals surface area contributed by atoms with Crippen LogP contribution >= 0.6 is 23.4 Å². The molecule has 0 heterocycles. The van der Waals surface area contributed by atoms with Crippen LogP contribution < -0.4 is 5.32 Å². The molecule has 0 saturated carbocycles. The van der Waals surface area contributed by atoms with Gasteiger partial charge in [0.2, 0.25) is 0 Å². The number of hydrogen-bond donors (Lipinski definition) is 2. The van der Waals surface area contributed by atoms with E-state index >= 15 is 0 Å². The normalized spacial score (nSPS) is 12.7.